The van der Waals surface area contributed by atoms with E-state index in [0.29, 0.717) is 5.92 Å². The van der Waals surface area contributed by atoms with E-state index in [1.54, 1.807) is 11.8 Å². The molecular weight excluding hydrogens is 342 g/mol. The Balaban J connectivity index is 1.80. The smallest absolute Gasteiger partial charge is 0.151 e. The monoisotopic (exact) mass is 365 g/mol. The second kappa shape index (κ2) is 7.26. The first kappa shape index (κ1) is 17.3. The van der Waals surface area contributed by atoms with Gasteiger partial charge in [0, 0.05) is 28.0 Å². The van der Waals surface area contributed by atoms with Crippen LogP contribution in [0.25, 0.3) is 0 Å². The van der Waals surface area contributed by atoms with Gasteiger partial charge in [0.15, 0.2) is 5.82 Å². The van der Waals surface area contributed by atoms with Gasteiger partial charge in [-0.3, -0.25) is 5.10 Å². The van der Waals surface area contributed by atoms with Crippen LogP contribution in [0.15, 0.2) is 40.4 Å². The third kappa shape index (κ3) is 2.95. The summed E-state index contributed by atoms with van der Waals surface area (Å²) in [5.74, 6) is 0.953. The molecule has 0 bridgehead atoms. The Morgan fingerprint density at radius 1 is 1.23 bits per heavy atom. The van der Waals surface area contributed by atoms with Crippen molar-refractivity contribution >= 4 is 23.3 Å². The lowest BCUT2D eigenvalue weighted by Gasteiger charge is -2.35. The topological polar surface area (TPSA) is 68.1 Å². The third-order valence-electron chi connectivity index (χ3n) is 5.63. The number of piperidine rings is 1. The van der Waals surface area contributed by atoms with Crippen molar-refractivity contribution in [3.8, 4) is 6.07 Å². The zero-order valence-electron chi connectivity index (χ0n) is 15.1. The van der Waals surface area contributed by atoms with Crippen LogP contribution in [-0.2, 0) is 0 Å². The Kier molecular flexibility index (Phi) is 4.84. The van der Waals surface area contributed by atoms with Crippen molar-refractivity contribution in [2.75, 3.05) is 26.4 Å². The number of hydrogen-bond donors (Lipinski definition) is 1. The van der Waals surface area contributed by atoms with Gasteiger partial charge in [-0.15, -0.1) is 11.8 Å². The summed E-state index contributed by atoms with van der Waals surface area (Å²) < 4.78 is 0. The molecule has 0 amide bonds. The maximum atomic E-state index is 10.1. The Morgan fingerprint density at radius 2 is 2.00 bits per heavy atom. The molecule has 3 heterocycles. The second-order valence-electron chi connectivity index (χ2n) is 7.11. The number of H-pyrrole nitrogens is 1. The van der Waals surface area contributed by atoms with E-state index in [0.717, 1.165) is 43.0 Å². The number of nitriles is 1. The molecule has 2 aliphatic rings. The van der Waals surface area contributed by atoms with Gasteiger partial charge in [0.25, 0.3) is 0 Å². The average Bonchev–Trinajstić information content (AvgIpc) is 3.15. The first-order valence-corrected chi connectivity index (χ1v) is 10.3. The van der Waals surface area contributed by atoms with Crippen LogP contribution in [-0.4, -0.2) is 47.2 Å². The number of nitrogens with one attached hydrogen (secondary N) is 1. The van der Waals surface area contributed by atoms with Gasteiger partial charge in [-0.25, -0.2) is 4.99 Å². The van der Waals surface area contributed by atoms with Crippen LogP contribution in [0.2, 0.25) is 0 Å². The number of likely N-dealkylation sites (tertiary alicyclic amines) is 1. The fraction of sp³-hybridized carbons (Fsp3) is 0.450. The number of fused-ring (bicyclic) bond motifs is 1. The van der Waals surface area contributed by atoms with Gasteiger partial charge in [-0.2, -0.15) is 10.4 Å². The quantitative estimate of drug-likeness (QED) is 0.840. The summed E-state index contributed by atoms with van der Waals surface area (Å²) in [5.41, 5.74) is 3.28. The van der Waals surface area contributed by atoms with Crippen molar-refractivity contribution in [1.82, 2.24) is 15.1 Å². The maximum absolute atomic E-state index is 10.1. The molecule has 0 saturated carbocycles. The molecule has 1 aromatic heterocycles. The molecular formula is C20H23N5S. The van der Waals surface area contributed by atoms with Crippen molar-refractivity contribution < 1.29 is 0 Å². The Morgan fingerprint density at radius 3 is 2.73 bits per heavy atom. The van der Waals surface area contributed by atoms with Crippen molar-refractivity contribution in [3.05, 3.63) is 41.6 Å². The van der Waals surface area contributed by atoms with E-state index in [1.165, 1.54) is 10.5 Å². The highest BCUT2D eigenvalue weighted by molar-refractivity contribution is 7.98. The summed E-state index contributed by atoms with van der Waals surface area (Å²) in [7, 11) is 2.16. The average molecular weight is 366 g/mol. The Hall–Kier alpha value is -2.10. The van der Waals surface area contributed by atoms with E-state index in [4.69, 9.17) is 4.99 Å². The van der Waals surface area contributed by atoms with E-state index in [-0.39, 0.29) is 11.8 Å². The minimum absolute atomic E-state index is 0.00967. The van der Waals surface area contributed by atoms with Crippen LogP contribution in [0.3, 0.4) is 0 Å². The second-order valence-corrected chi connectivity index (χ2v) is 7.96. The predicted molar refractivity (Wildman–Crippen MR) is 105 cm³/mol. The van der Waals surface area contributed by atoms with Gasteiger partial charge < -0.3 is 4.90 Å². The molecule has 2 aromatic rings. The summed E-state index contributed by atoms with van der Waals surface area (Å²) in [6.07, 6.45) is 6.06. The first-order valence-electron chi connectivity index (χ1n) is 9.05. The van der Waals surface area contributed by atoms with Crippen molar-refractivity contribution in [1.29, 1.82) is 5.26 Å². The van der Waals surface area contributed by atoms with E-state index in [2.05, 4.69) is 58.7 Å². The molecule has 0 spiro atoms. The first-order chi connectivity index (χ1) is 12.7. The molecule has 5 nitrogen and oxygen atoms in total. The fourth-order valence-electron chi connectivity index (χ4n) is 4.22. The van der Waals surface area contributed by atoms with Crippen LogP contribution >= 0.6 is 11.8 Å². The lowest BCUT2D eigenvalue weighted by atomic mass is 9.73. The van der Waals surface area contributed by atoms with Gasteiger partial charge in [-0.1, -0.05) is 18.2 Å². The number of thioether (sulfide) groups is 1. The Bertz CT molecular complexity index is 857. The van der Waals surface area contributed by atoms with E-state index < -0.39 is 0 Å². The minimum atomic E-state index is -0.234. The number of aromatic nitrogens is 2. The van der Waals surface area contributed by atoms with Crippen molar-refractivity contribution in [3.63, 3.8) is 0 Å². The van der Waals surface area contributed by atoms with Gasteiger partial charge in [0.05, 0.1) is 18.2 Å². The largest absolute Gasteiger partial charge is 0.306 e. The summed E-state index contributed by atoms with van der Waals surface area (Å²) in [5, 5.41) is 17.4. The van der Waals surface area contributed by atoms with Gasteiger partial charge in [0.1, 0.15) is 0 Å². The predicted octanol–water partition coefficient (Wildman–Crippen LogP) is 3.83. The van der Waals surface area contributed by atoms with E-state index >= 15 is 0 Å². The highest BCUT2D eigenvalue weighted by Gasteiger charge is 2.40. The number of aromatic amines is 1. The number of hydrogen-bond acceptors (Lipinski definition) is 5. The zero-order valence-corrected chi connectivity index (χ0v) is 16.0. The molecule has 134 valence electrons. The molecule has 26 heavy (non-hydrogen) atoms. The Labute approximate surface area is 158 Å². The lowest BCUT2D eigenvalue weighted by Crippen LogP contribution is -2.38. The molecule has 2 aliphatic heterocycles. The molecule has 1 aromatic carbocycles. The number of rotatable bonds is 3. The third-order valence-corrected chi connectivity index (χ3v) is 6.44. The van der Waals surface area contributed by atoms with Crippen molar-refractivity contribution in [2.24, 2.45) is 16.8 Å². The highest BCUT2D eigenvalue weighted by Crippen LogP contribution is 2.45. The molecule has 6 heteroatoms. The normalized spacial score (nSPS) is 24.0. The molecule has 2 atom stereocenters. The lowest BCUT2D eigenvalue weighted by molar-refractivity contribution is 0.249. The molecule has 2 unspecified atom stereocenters. The highest BCUT2D eigenvalue weighted by atomic mass is 32.2. The van der Waals surface area contributed by atoms with E-state index in [9.17, 15) is 5.26 Å². The van der Waals surface area contributed by atoms with Crippen molar-refractivity contribution in [2.45, 2.75) is 23.7 Å². The molecule has 1 N–H and O–H groups in total. The van der Waals surface area contributed by atoms with E-state index in [1.807, 2.05) is 6.20 Å². The van der Waals surface area contributed by atoms with Crippen LogP contribution in [0.4, 0.5) is 5.82 Å². The van der Waals surface area contributed by atoms with Gasteiger partial charge in [0.2, 0.25) is 0 Å². The van der Waals surface area contributed by atoms with Gasteiger partial charge in [-0.05, 0) is 50.9 Å². The summed E-state index contributed by atoms with van der Waals surface area (Å²) in [6, 6.07) is 11.0. The summed E-state index contributed by atoms with van der Waals surface area (Å²) in [6.45, 7) is 2.12. The number of nitrogens with zero attached hydrogens (tertiary/aromatic N) is 4. The van der Waals surface area contributed by atoms with Crippen LogP contribution < -0.4 is 0 Å². The zero-order chi connectivity index (χ0) is 18.1. The summed E-state index contributed by atoms with van der Waals surface area (Å²) >= 11 is 1.73. The van der Waals surface area contributed by atoms with Crippen LogP contribution in [0.1, 0.15) is 29.9 Å². The van der Waals surface area contributed by atoms with Crippen LogP contribution in [0.5, 0.6) is 0 Å². The fourth-order valence-corrected chi connectivity index (χ4v) is 4.86. The van der Waals surface area contributed by atoms with Gasteiger partial charge >= 0.3 is 0 Å². The molecule has 1 fully saturated rings. The SMILES string of the molecule is CSc1ccccc1C1c2cn[nH]c2N=C(C2CCN(C)CC2)C1C#N. The molecule has 0 aliphatic carbocycles. The molecule has 1 saturated heterocycles. The summed E-state index contributed by atoms with van der Waals surface area (Å²) in [4.78, 5) is 8.46. The maximum Gasteiger partial charge on any atom is 0.151 e. The minimum Gasteiger partial charge on any atom is -0.306 e. The number of aliphatic imine (C=N–C) groups is 1. The standard InChI is InChI=1S/C20H23N5S/c1-25-9-7-13(8-10-25)19-15(11-21)18(16-12-22-24-20(16)23-19)14-5-3-4-6-17(14)26-2/h3-6,12-13,15,18H,7-10H2,1-2H3,(H,22,24). The molecule has 4 rings (SSSR count). The number of benzene rings is 1. The van der Waals surface area contributed by atoms with Crippen LogP contribution in [0, 0.1) is 23.2 Å². The molecule has 0 radical (unpaired) electrons.